The highest BCUT2D eigenvalue weighted by molar-refractivity contribution is 7.98. The minimum absolute atomic E-state index is 0.235. The lowest BCUT2D eigenvalue weighted by Gasteiger charge is -2.15. The van der Waals surface area contributed by atoms with Gasteiger partial charge in [0, 0.05) is 17.5 Å². The van der Waals surface area contributed by atoms with Gasteiger partial charge in [-0.15, -0.1) is 11.8 Å². The minimum Gasteiger partial charge on any atom is -0.393 e. The number of aliphatic hydroxyl groups excluding tert-OH is 1. The summed E-state index contributed by atoms with van der Waals surface area (Å²) in [6, 6.07) is 8.92. The molecule has 0 unspecified atom stereocenters. The molecular weight excluding hydrogens is 218 g/mol. The summed E-state index contributed by atoms with van der Waals surface area (Å²) in [6.07, 6.45) is 2.64. The standard InChI is InChI=1S/C13H21NOS/c1-10(8-11(2)15)14-9-12-4-6-13(16-3)7-5-12/h4-7,10-11,14-15H,8-9H2,1-3H3/t10-,11-/m1/s1. The molecular formula is C13H21NOS. The molecule has 2 N–H and O–H groups in total. The van der Waals surface area contributed by atoms with Crippen molar-refractivity contribution in [2.24, 2.45) is 0 Å². The zero-order valence-corrected chi connectivity index (χ0v) is 11.1. The van der Waals surface area contributed by atoms with Crippen molar-refractivity contribution in [3.8, 4) is 0 Å². The lowest BCUT2D eigenvalue weighted by Crippen LogP contribution is -2.28. The van der Waals surface area contributed by atoms with Gasteiger partial charge < -0.3 is 10.4 Å². The molecule has 1 rings (SSSR count). The topological polar surface area (TPSA) is 32.3 Å². The van der Waals surface area contributed by atoms with Gasteiger partial charge >= 0.3 is 0 Å². The van der Waals surface area contributed by atoms with Crippen molar-refractivity contribution in [2.75, 3.05) is 6.26 Å². The van der Waals surface area contributed by atoms with Crippen LogP contribution in [0.5, 0.6) is 0 Å². The highest BCUT2D eigenvalue weighted by Gasteiger charge is 2.05. The predicted molar refractivity (Wildman–Crippen MR) is 70.8 cm³/mol. The van der Waals surface area contributed by atoms with Crippen molar-refractivity contribution in [2.45, 2.75) is 43.9 Å². The molecule has 1 aromatic carbocycles. The first-order valence-electron chi connectivity index (χ1n) is 5.66. The van der Waals surface area contributed by atoms with E-state index in [1.807, 2.05) is 6.92 Å². The van der Waals surface area contributed by atoms with Gasteiger partial charge in [-0.25, -0.2) is 0 Å². The van der Waals surface area contributed by atoms with E-state index >= 15 is 0 Å². The molecule has 0 aliphatic heterocycles. The Morgan fingerprint density at radius 2 is 1.88 bits per heavy atom. The summed E-state index contributed by atoms with van der Waals surface area (Å²) >= 11 is 1.76. The van der Waals surface area contributed by atoms with Gasteiger partial charge in [0.15, 0.2) is 0 Å². The molecule has 0 aromatic heterocycles. The van der Waals surface area contributed by atoms with Crippen molar-refractivity contribution < 1.29 is 5.11 Å². The fourth-order valence-electron chi connectivity index (χ4n) is 1.63. The number of hydrogen-bond acceptors (Lipinski definition) is 3. The van der Waals surface area contributed by atoms with Gasteiger partial charge in [0.2, 0.25) is 0 Å². The van der Waals surface area contributed by atoms with Crippen LogP contribution in [0.15, 0.2) is 29.2 Å². The Balaban J connectivity index is 2.36. The second-order valence-electron chi connectivity index (χ2n) is 4.21. The summed E-state index contributed by atoms with van der Waals surface area (Å²) in [7, 11) is 0. The van der Waals surface area contributed by atoms with E-state index in [2.05, 4.69) is 42.8 Å². The average Bonchev–Trinajstić information content (AvgIpc) is 2.26. The van der Waals surface area contributed by atoms with E-state index in [4.69, 9.17) is 0 Å². The van der Waals surface area contributed by atoms with Crippen LogP contribution in [0.4, 0.5) is 0 Å². The largest absolute Gasteiger partial charge is 0.393 e. The normalized spacial score (nSPS) is 14.8. The van der Waals surface area contributed by atoms with E-state index in [1.165, 1.54) is 10.5 Å². The van der Waals surface area contributed by atoms with Crippen LogP contribution in [0.25, 0.3) is 0 Å². The maximum atomic E-state index is 9.25. The Labute approximate surface area is 102 Å². The van der Waals surface area contributed by atoms with E-state index in [1.54, 1.807) is 11.8 Å². The van der Waals surface area contributed by atoms with Crippen molar-refractivity contribution in [1.29, 1.82) is 0 Å². The molecule has 2 atom stereocenters. The SMILES string of the molecule is CSc1ccc(CN[C@H](C)C[C@@H](C)O)cc1. The predicted octanol–water partition coefficient (Wildman–Crippen LogP) is 2.66. The van der Waals surface area contributed by atoms with Crippen molar-refractivity contribution in [3.63, 3.8) is 0 Å². The van der Waals surface area contributed by atoms with Gasteiger partial charge in [0.1, 0.15) is 0 Å². The van der Waals surface area contributed by atoms with Crippen molar-refractivity contribution >= 4 is 11.8 Å². The zero-order chi connectivity index (χ0) is 12.0. The Bertz CT molecular complexity index is 297. The van der Waals surface area contributed by atoms with Crippen LogP contribution in [0.1, 0.15) is 25.8 Å². The lowest BCUT2D eigenvalue weighted by atomic mass is 10.1. The molecule has 0 saturated heterocycles. The first-order chi connectivity index (χ1) is 7.61. The monoisotopic (exact) mass is 239 g/mol. The maximum Gasteiger partial charge on any atom is 0.0526 e. The number of benzene rings is 1. The van der Waals surface area contributed by atoms with E-state index in [0.29, 0.717) is 6.04 Å². The van der Waals surface area contributed by atoms with Crippen LogP contribution in [-0.2, 0) is 6.54 Å². The Kier molecular flexibility index (Phi) is 5.88. The van der Waals surface area contributed by atoms with Gasteiger partial charge in [-0.1, -0.05) is 12.1 Å². The van der Waals surface area contributed by atoms with E-state index in [-0.39, 0.29) is 6.10 Å². The number of aliphatic hydroxyl groups is 1. The van der Waals surface area contributed by atoms with Crippen LogP contribution >= 0.6 is 11.8 Å². The van der Waals surface area contributed by atoms with Crippen LogP contribution in [-0.4, -0.2) is 23.5 Å². The smallest absolute Gasteiger partial charge is 0.0526 e. The third-order valence-corrected chi connectivity index (χ3v) is 3.25. The second kappa shape index (κ2) is 6.94. The third-order valence-electron chi connectivity index (χ3n) is 2.51. The Morgan fingerprint density at radius 3 is 2.38 bits per heavy atom. The lowest BCUT2D eigenvalue weighted by molar-refractivity contribution is 0.170. The van der Waals surface area contributed by atoms with Gasteiger partial charge in [-0.3, -0.25) is 0 Å². The number of thioether (sulfide) groups is 1. The maximum absolute atomic E-state index is 9.25. The fraction of sp³-hybridized carbons (Fsp3) is 0.538. The van der Waals surface area contributed by atoms with Crippen LogP contribution in [0.2, 0.25) is 0 Å². The quantitative estimate of drug-likeness (QED) is 0.749. The first kappa shape index (κ1) is 13.6. The summed E-state index contributed by atoms with van der Waals surface area (Å²) in [6.45, 7) is 4.79. The molecule has 0 spiro atoms. The molecule has 0 fully saturated rings. The summed E-state index contributed by atoms with van der Waals surface area (Å²) in [5, 5.41) is 12.6. The molecule has 0 aliphatic carbocycles. The highest BCUT2D eigenvalue weighted by Crippen LogP contribution is 2.14. The van der Waals surface area contributed by atoms with Gasteiger partial charge in [0.05, 0.1) is 6.10 Å². The van der Waals surface area contributed by atoms with E-state index in [9.17, 15) is 5.11 Å². The molecule has 90 valence electrons. The zero-order valence-electron chi connectivity index (χ0n) is 10.2. The molecule has 0 saturated carbocycles. The number of hydrogen-bond donors (Lipinski definition) is 2. The Morgan fingerprint density at radius 1 is 1.25 bits per heavy atom. The van der Waals surface area contributed by atoms with Crippen molar-refractivity contribution in [1.82, 2.24) is 5.32 Å². The minimum atomic E-state index is -0.235. The van der Waals surface area contributed by atoms with Gasteiger partial charge in [0.25, 0.3) is 0 Å². The van der Waals surface area contributed by atoms with Gasteiger partial charge in [-0.2, -0.15) is 0 Å². The number of rotatable bonds is 6. The molecule has 1 aromatic rings. The van der Waals surface area contributed by atoms with Crippen LogP contribution < -0.4 is 5.32 Å². The average molecular weight is 239 g/mol. The summed E-state index contributed by atoms with van der Waals surface area (Å²) in [4.78, 5) is 1.29. The molecule has 2 nitrogen and oxygen atoms in total. The molecule has 0 bridgehead atoms. The van der Waals surface area contributed by atoms with E-state index < -0.39 is 0 Å². The highest BCUT2D eigenvalue weighted by atomic mass is 32.2. The van der Waals surface area contributed by atoms with Crippen molar-refractivity contribution in [3.05, 3.63) is 29.8 Å². The summed E-state index contributed by atoms with van der Waals surface area (Å²) in [5.74, 6) is 0. The Hall–Kier alpha value is -0.510. The molecule has 0 amide bonds. The van der Waals surface area contributed by atoms with Gasteiger partial charge in [-0.05, 0) is 44.2 Å². The summed E-state index contributed by atoms with van der Waals surface area (Å²) in [5.41, 5.74) is 1.29. The summed E-state index contributed by atoms with van der Waals surface area (Å²) < 4.78 is 0. The van der Waals surface area contributed by atoms with Crippen LogP contribution in [0, 0.1) is 0 Å². The molecule has 16 heavy (non-hydrogen) atoms. The first-order valence-corrected chi connectivity index (χ1v) is 6.88. The molecule has 3 heteroatoms. The number of nitrogens with one attached hydrogen (secondary N) is 1. The van der Waals surface area contributed by atoms with E-state index in [0.717, 1.165) is 13.0 Å². The molecule has 0 heterocycles. The fourth-order valence-corrected chi connectivity index (χ4v) is 2.04. The molecule has 0 aliphatic rings. The third kappa shape index (κ3) is 5.01. The molecule has 0 radical (unpaired) electrons. The second-order valence-corrected chi connectivity index (χ2v) is 5.09. The van der Waals surface area contributed by atoms with Crippen LogP contribution in [0.3, 0.4) is 0 Å².